The third-order valence-corrected chi connectivity index (χ3v) is 3.02. The molecule has 0 aliphatic carbocycles. The Bertz CT molecular complexity index is 418. The number of phosphoric acid groups is 1. The van der Waals surface area contributed by atoms with Gasteiger partial charge >= 0.3 is 19.8 Å². The summed E-state index contributed by atoms with van der Waals surface area (Å²) in [6.45, 7) is 6.21. The van der Waals surface area contributed by atoms with Crippen LogP contribution in [0, 0.1) is 0 Å². The van der Waals surface area contributed by atoms with E-state index in [0.29, 0.717) is 0 Å². The van der Waals surface area contributed by atoms with Crippen molar-refractivity contribution >= 4 is 19.8 Å². The van der Waals surface area contributed by atoms with Gasteiger partial charge in [0.2, 0.25) is 0 Å². The number of carbonyl (C=O) groups excluding carboxylic acids is 2. The Hall–Kier alpha value is -1.47. The van der Waals surface area contributed by atoms with E-state index < -0.39 is 19.8 Å². The molecule has 0 aliphatic rings. The van der Waals surface area contributed by atoms with Gasteiger partial charge in [0.1, 0.15) is 0 Å². The summed E-state index contributed by atoms with van der Waals surface area (Å²) in [5.41, 5.74) is -0.342. The number of aliphatic hydroxyl groups is 2. The van der Waals surface area contributed by atoms with Crippen LogP contribution in [0.5, 0.6) is 0 Å². The highest BCUT2D eigenvalue weighted by Gasteiger charge is 2.23. The van der Waals surface area contributed by atoms with E-state index in [1.54, 1.807) is 0 Å². The van der Waals surface area contributed by atoms with Crippen LogP contribution in [0.3, 0.4) is 0 Å². The van der Waals surface area contributed by atoms with E-state index in [1.807, 2.05) is 0 Å². The second kappa shape index (κ2) is 9.46. The highest BCUT2D eigenvalue weighted by atomic mass is 31.2. The summed E-state index contributed by atoms with van der Waals surface area (Å²) in [5.74, 6) is -2.51. The zero-order valence-electron chi connectivity index (χ0n) is 11.4. The maximum absolute atomic E-state index is 11.4. The van der Waals surface area contributed by atoms with Crippen LogP contribution in [-0.4, -0.2) is 35.4 Å². The Morgan fingerprint density at radius 1 is 0.952 bits per heavy atom. The van der Waals surface area contributed by atoms with Gasteiger partial charge in [-0.05, 0) is 25.7 Å². The molecule has 8 nitrogen and oxygen atoms in total. The van der Waals surface area contributed by atoms with Gasteiger partial charge in [-0.25, -0.2) is 14.2 Å². The van der Waals surface area contributed by atoms with Crippen molar-refractivity contribution in [3.8, 4) is 0 Å². The molecule has 0 saturated heterocycles. The zero-order chi connectivity index (χ0) is 16.5. The number of phosphoric ester groups is 1. The Morgan fingerprint density at radius 2 is 1.29 bits per heavy atom. The lowest BCUT2D eigenvalue weighted by Crippen LogP contribution is -2.18. The lowest BCUT2D eigenvalue weighted by Gasteiger charge is -2.22. The van der Waals surface area contributed by atoms with Gasteiger partial charge in [-0.3, -0.25) is 0 Å². The van der Waals surface area contributed by atoms with E-state index in [1.165, 1.54) is 0 Å². The molecule has 0 heterocycles. The molecule has 0 aromatic heterocycles. The molecule has 0 atom stereocenters. The van der Waals surface area contributed by atoms with Gasteiger partial charge < -0.3 is 24.2 Å². The molecule has 0 spiro atoms. The summed E-state index contributed by atoms with van der Waals surface area (Å²) in [5, 5.41) is 17.1. The Labute approximate surface area is 122 Å². The van der Waals surface area contributed by atoms with Crippen LogP contribution < -0.4 is 4.89 Å². The second-order valence-corrected chi connectivity index (χ2v) is 5.33. The molecule has 2 N–H and O–H groups in total. The molecular formula is C12H18O8P-. The van der Waals surface area contributed by atoms with Crippen LogP contribution in [0.1, 0.15) is 25.7 Å². The lowest BCUT2D eigenvalue weighted by molar-refractivity contribution is -0.222. The van der Waals surface area contributed by atoms with Crippen molar-refractivity contribution in [1.82, 2.24) is 0 Å². The first-order chi connectivity index (χ1) is 9.73. The summed E-state index contributed by atoms with van der Waals surface area (Å²) in [6.07, 6.45) is 0.530. The molecule has 0 aromatic carbocycles. The smallest absolute Gasteiger partial charge is 0.377 e. The Balaban J connectivity index is 4.45. The van der Waals surface area contributed by atoms with Gasteiger partial charge in [0, 0.05) is 24.4 Å². The van der Waals surface area contributed by atoms with Gasteiger partial charge in [-0.2, -0.15) is 0 Å². The molecule has 21 heavy (non-hydrogen) atoms. The van der Waals surface area contributed by atoms with Gasteiger partial charge in [0.25, 0.3) is 0 Å². The molecule has 0 bridgehead atoms. The summed E-state index contributed by atoms with van der Waals surface area (Å²) in [7, 11) is -5.17. The number of rotatable bonds is 10. The average Bonchev–Trinajstić information content (AvgIpc) is 2.40. The number of hydrogen-bond acceptors (Lipinski definition) is 8. The number of carbonyl (C=O) groups is 2. The quantitative estimate of drug-likeness (QED) is 0.430. The molecule has 0 amide bonds. The molecule has 0 aliphatic heterocycles. The van der Waals surface area contributed by atoms with Gasteiger partial charge in [-0.15, -0.1) is 0 Å². The zero-order valence-corrected chi connectivity index (χ0v) is 12.3. The minimum Gasteiger partial charge on any atom is -0.736 e. The predicted octanol–water partition coefficient (Wildman–Crippen LogP) is 0.199. The Morgan fingerprint density at radius 3 is 1.57 bits per heavy atom. The number of aliphatic hydroxyl groups excluding tert-OH is 2. The monoisotopic (exact) mass is 321 g/mol. The lowest BCUT2D eigenvalue weighted by atomic mass is 10.2. The van der Waals surface area contributed by atoms with Crippen LogP contribution >= 0.6 is 7.82 Å². The van der Waals surface area contributed by atoms with Gasteiger partial charge in [-0.1, -0.05) is 13.2 Å². The van der Waals surface area contributed by atoms with E-state index in [2.05, 4.69) is 22.2 Å². The molecule has 0 aromatic rings. The van der Waals surface area contributed by atoms with Gasteiger partial charge in [0.05, 0.1) is 0 Å². The minimum atomic E-state index is -5.17. The molecule has 0 radical (unpaired) electrons. The van der Waals surface area contributed by atoms with E-state index in [0.717, 1.165) is 0 Å². The van der Waals surface area contributed by atoms with Crippen molar-refractivity contribution in [1.29, 1.82) is 0 Å². The fourth-order valence-corrected chi connectivity index (χ4v) is 1.84. The minimum absolute atomic E-state index is 0.0481. The van der Waals surface area contributed by atoms with E-state index in [4.69, 9.17) is 10.2 Å². The highest BCUT2D eigenvalue weighted by molar-refractivity contribution is 7.47. The predicted molar refractivity (Wildman–Crippen MR) is 70.7 cm³/mol. The third kappa shape index (κ3) is 8.41. The summed E-state index contributed by atoms with van der Waals surface area (Å²) in [4.78, 5) is 34.1. The van der Waals surface area contributed by atoms with Crippen molar-refractivity contribution in [2.24, 2.45) is 0 Å². The molecule has 0 unspecified atom stereocenters. The van der Waals surface area contributed by atoms with Crippen molar-refractivity contribution in [3.05, 3.63) is 24.3 Å². The summed E-state index contributed by atoms with van der Waals surface area (Å²) in [6, 6.07) is 0. The molecule has 120 valence electrons. The SMILES string of the molecule is C=C(CCCO)C(=O)OP(=O)([O-])OC(=O)C(=C)CCCO. The first-order valence-electron chi connectivity index (χ1n) is 6.09. The molecule has 0 rings (SSSR count). The topological polar surface area (TPSA) is 133 Å². The van der Waals surface area contributed by atoms with Crippen molar-refractivity contribution < 1.29 is 38.3 Å². The summed E-state index contributed by atoms with van der Waals surface area (Å²) >= 11 is 0. The standard InChI is InChI=1S/C12H19O8P/c1-9(5-3-7-13)11(15)19-21(17,18)20-12(16)10(2)6-4-8-14/h13-14H,1-8H2,(H,17,18)/p-1. The van der Waals surface area contributed by atoms with Crippen LogP contribution in [0.25, 0.3) is 0 Å². The van der Waals surface area contributed by atoms with E-state index >= 15 is 0 Å². The first-order valence-corrected chi connectivity index (χ1v) is 7.55. The fraction of sp³-hybridized carbons (Fsp3) is 0.500. The van der Waals surface area contributed by atoms with E-state index in [-0.39, 0.29) is 50.0 Å². The first kappa shape index (κ1) is 19.5. The number of hydrogen-bond donors (Lipinski definition) is 2. The maximum Gasteiger partial charge on any atom is 0.377 e. The largest absolute Gasteiger partial charge is 0.736 e. The maximum atomic E-state index is 11.4. The normalized spacial score (nSPS) is 10.8. The van der Waals surface area contributed by atoms with Crippen LogP contribution in [-0.2, 0) is 23.2 Å². The average molecular weight is 321 g/mol. The van der Waals surface area contributed by atoms with Gasteiger partial charge in [0.15, 0.2) is 0 Å². The molecule has 9 heteroatoms. The van der Waals surface area contributed by atoms with Crippen LogP contribution in [0.2, 0.25) is 0 Å². The molecular weight excluding hydrogens is 303 g/mol. The molecule has 0 fully saturated rings. The van der Waals surface area contributed by atoms with Crippen LogP contribution in [0.4, 0.5) is 0 Å². The molecule has 0 saturated carbocycles. The third-order valence-electron chi connectivity index (χ3n) is 2.24. The Kier molecular flexibility index (Phi) is 8.80. The summed E-state index contributed by atoms with van der Waals surface area (Å²) < 4.78 is 19.5. The van der Waals surface area contributed by atoms with Crippen molar-refractivity contribution in [3.63, 3.8) is 0 Å². The van der Waals surface area contributed by atoms with E-state index in [9.17, 15) is 19.0 Å². The van der Waals surface area contributed by atoms with Crippen molar-refractivity contribution in [2.45, 2.75) is 25.7 Å². The highest BCUT2D eigenvalue weighted by Crippen LogP contribution is 2.40. The second-order valence-electron chi connectivity index (χ2n) is 4.07. The fourth-order valence-electron chi connectivity index (χ4n) is 1.14. The van der Waals surface area contributed by atoms with Crippen molar-refractivity contribution in [2.75, 3.05) is 13.2 Å². The van der Waals surface area contributed by atoms with Crippen LogP contribution in [0.15, 0.2) is 24.3 Å².